The maximum Gasteiger partial charge on any atom is 0.252 e. The number of nitrogens with zero attached hydrogens (tertiary/aromatic N) is 3. The molecule has 152 valence electrons. The topological polar surface area (TPSA) is 59.8 Å². The first-order valence-electron chi connectivity index (χ1n) is 9.77. The van der Waals surface area contributed by atoms with Crippen molar-refractivity contribution in [2.45, 2.75) is 19.3 Å². The number of hydrogen-bond donors (Lipinski definition) is 1. The van der Waals surface area contributed by atoms with Crippen LogP contribution in [0.25, 0.3) is 22.3 Å². The molecule has 1 N–H and O–H groups in total. The number of halogens is 1. The summed E-state index contributed by atoms with van der Waals surface area (Å²) in [5.74, 6) is -0.454. The van der Waals surface area contributed by atoms with Crippen molar-refractivity contribution in [1.29, 1.82) is 0 Å². The molecule has 5 nitrogen and oxygen atoms in total. The zero-order chi connectivity index (χ0) is 21.3. The number of aromatic nitrogens is 3. The molecule has 2 heterocycles. The second-order valence-electron chi connectivity index (χ2n) is 8.02. The summed E-state index contributed by atoms with van der Waals surface area (Å²) < 4.78 is 15.0. The van der Waals surface area contributed by atoms with Crippen LogP contribution < -0.4 is 5.32 Å². The van der Waals surface area contributed by atoms with E-state index in [4.69, 9.17) is 0 Å². The number of para-hydroxylation sites is 1. The summed E-state index contributed by atoms with van der Waals surface area (Å²) in [5.41, 5.74) is 3.26. The summed E-state index contributed by atoms with van der Waals surface area (Å²) in [6.45, 7) is 4.45. The molecule has 0 saturated carbocycles. The molecule has 0 saturated heterocycles. The SMILES string of the molecule is Cn1ccc(-c2cc(C(=O)NCC(C)(C)c3ccc(F)cc3)c3ccccc3n2)n1. The molecule has 0 bridgehead atoms. The van der Waals surface area contributed by atoms with E-state index in [2.05, 4.69) is 15.4 Å². The minimum absolute atomic E-state index is 0.180. The number of pyridine rings is 1. The Bertz CT molecular complexity index is 1210. The van der Waals surface area contributed by atoms with Crippen molar-refractivity contribution < 1.29 is 9.18 Å². The second-order valence-corrected chi connectivity index (χ2v) is 8.02. The molecule has 30 heavy (non-hydrogen) atoms. The van der Waals surface area contributed by atoms with E-state index >= 15 is 0 Å². The number of aryl methyl sites for hydroxylation is 1. The van der Waals surface area contributed by atoms with Gasteiger partial charge in [-0.2, -0.15) is 5.10 Å². The zero-order valence-electron chi connectivity index (χ0n) is 17.2. The lowest BCUT2D eigenvalue weighted by molar-refractivity contribution is 0.0947. The Morgan fingerprint density at radius 2 is 1.80 bits per heavy atom. The first-order valence-corrected chi connectivity index (χ1v) is 9.77. The third kappa shape index (κ3) is 3.94. The van der Waals surface area contributed by atoms with Gasteiger partial charge in [0, 0.05) is 30.6 Å². The number of carbonyl (C=O) groups excluding carboxylic acids is 1. The number of rotatable bonds is 5. The molecule has 6 heteroatoms. The number of hydrogen-bond acceptors (Lipinski definition) is 3. The van der Waals surface area contributed by atoms with E-state index in [1.165, 1.54) is 12.1 Å². The van der Waals surface area contributed by atoms with Crippen molar-refractivity contribution in [2.75, 3.05) is 6.54 Å². The van der Waals surface area contributed by atoms with Crippen molar-refractivity contribution >= 4 is 16.8 Å². The summed E-state index contributed by atoms with van der Waals surface area (Å²) in [6, 6.07) is 17.6. The summed E-state index contributed by atoms with van der Waals surface area (Å²) in [5, 5.41) is 8.24. The van der Waals surface area contributed by atoms with Gasteiger partial charge in [0.2, 0.25) is 0 Å². The molecule has 0 atom stereocenters. The predicted octanol–water partition coefficient (Wildman–Crippen LogP) is 4.48. The average Bonchev–Trinajstić information content (AvgIpc) is 3.18. The Hall–Kier alpha value is -3.54. The van der Waals surface area contributed by atoms with E-state index in [0.717, 1.165) is 16.5 Å². The van der Waals surface area contributed by atoms with Crippen LogP contribution in [0.5, 0.6) is 0 Å². The van der Waals surface area contributed by atoms with Crippen molar-refractivity contribution in [3.63, 3.8) is 0 Å². The van der Waals surface area contributed by atoms with Gasteiger partial charge >= 0.3 is 0 Å². The first kappa shape index (κ1) is 19.8. The summed E-state index contributed by atoms with van der Waals surface area (Å²) in [7, 11) is 1.84. The zero-order valence-corrected chi connectivity index (χ0v) is 17.2. The molecule has 0 spiro atoms. The Labute approximate surface area is 174 Å². The van der Waals surface area contributed by atoms with E-state index in [0.29, 0.717) is 23.5 Å². The van der Waals surface area contributed by atoms with Gasteiger partial charge < -0.3 is 5.32 Å². The van der Waals surface area contributed by atoms with Gasteiger partial charge in [0.05, 0.1) is 16.8 Å². The lowest BCUT2D eigenvalue weighted by atomic mass is 9.84. The van der Waals surface area contributed by atoms with Crippen LogP contribution in [0.15, 0.2) is 66.9 Å². The number of carbonyl (C=O) groups is 1. The highest BCUT2D eigenvalue weighted by Gasteiger charge is 2.23. The van der Waals surface area contributed by atoms with E-state index < -0.39 is 0 Å². The van der Waals surface area contributed by atoms with Crippen LogP contribution >= 0.6 is 0 Å². The second kappa shape index (κ2) is 7.71. The van der Waals surface area contributed by atoms with E-state index in [-0.39, 0.29) is 17.1 Å². The molecular weight excluding hydrogens is 379 g/mol. The van der Waals surface area contributed by atoms with Gasteiger partial charge in [-0.3, -0.25) is 9.48 Å². The third-order valence-corrected chi connectivity index (χ3v) is 5.25. The molecule has 0 unspecified atom stereocenters. The quantitative estimate of drug-likeness (QED) is 0.535. The van der Waals surface area contributed by atoms with Crippen LogP contribution in [0.4, 0.5) is 4.39 Å². The van der Waals surface area contributed by atoms with Crippen molar-refractivity contribution in [3.05, 3.63) is 83.8 Å². The molecule has 4 rings (SSSR count). The molecule has 0 fully saturated rings. The number of nitrogens with one attached hydrogen (secondary N) is 1. The normalized spacial score (nSPS) is 11.6. The lowest BCUT2D eigenvalue weighted by Crippen LogP contribution is -2.36. The highest BCUT2D eigenvalue weighted by molar-refractivity contribution is 6.07. The van der Waals surface area contributed by atoms with Crippen molar-refractivity contribution in [3.8, 4) is 11.4 Å². The molecule has 1 amide bonds. The molecule has 0 radical (unpaired) electrons. The van der Waals surface area contributed by atoms with Crippen LogP contribution in [0.1, 0.15) is 29.8 Å². The van der Waals surface area contributed by atoms with Gasteiger partial charge in [-0.1, -0.05) is 44.2 Å². The van der Waals surface area contributed by atoms with Gasteiger partial charge in [-0.25, -0.2) is 9.37 Å². The highest BCUT2D eigenvalue weighted by atomic mass is 19.1. The van der Waals surface area contributed by atoms with E-state index in [9.17, 15) is 9.18 Å². The smallest absolute Gasteiger partial charge is 0.252 e. The average molecular weight is 402 g/mol. The van der Waals surface area contributed by atoms with Gasteiger partial charge in [-0.15, -0.1) is 0 Å². The lowest BCUT2D eigenvalue weighted by Gasteiger charge is -2.26. The van der Waals surface area contributed by atoms with Crippen LogP contribution in [0.3, 0.4) is 0 Å². The van der Waals surface area contributed by atoms with Crippen LogP contribution in [0.2, 0.25) is 0 Å². The monoisotopic (exact) mass is 402 g/mol. The van der Waals surface area contributed by atoms with E-state index in [1.807, 2.05) is 57.4 Å². The van der Waals surface area contributed by atoms with Crippen molar-refractivity contribution in [2.24, 2.45) is 7.05 Å². The molecular formula is C24H23FN4O. The standard InChI is InChI=1S/C24H23FN4O/c1-24(2,16-8-10-17(25)11-9-16)15-26-23(30)19-14-22(21-12-13-29(3)28-21)27-20-7-5-4-6-18(19)20/h4-14H,15H2,1-3H3,(H,26,30). The Morgan fingerprint density at radius 1 is 1.07 bits per heavy atom. The summed E-state index contributed by atoms with van der Waals surface area (Å²) in [6.07, 6.45) is 1.84. The van der Waals surface area contributed by atoms with Crippen LogP contribution in [-0.2, 0) is 12.5 Å². The molecule has 0 aliphatic heterocycles. The Morgan fingerprint density at radius 3 is 2.50 bits per heavy atom. The third-order valence-electron chi connectivity index (χ3n) is 5.25. The van der Waals surface area contributed by atoms with Gasteiger partial charge in [-0.05, 0) is 35.9 Å². The molecule has 0 aliphatic carbocycles. The Kier molecular flexibility index (Phi) is 5.08. The molecule has 2 aromatic heterocycles. The van der Waals surface area contributed by atoms with Crippen LogP contribution in [0, 0.1) is 5.82 Å². The van der Waals surface area contributed by atoms with E-state index in [1.54, 1.807) is 22.9 Å². The summed E-state index contributed by atoms with van der Waals surface area (Å²) in [4.78, 5) is 17.8. The fourth-order valence-electron chi connectivity index (χ4n) is 3.45. The molecule has 0 aliphatic rings. The number of fused-ring (bicyclic) bond motifs is 1. The van der Waals surface area contributed by atoms with Gasteiger partial charge in [0.1, 0.15) is 11.5 Å². The van der Waals surface area contributed by atoms with Crippen molar-refractivity contribution in [1.82, 2.24) is 20.1 Å². The van der Waals surface area contributed by atoms with Gasteiger partial charge in [0.25, 0.3) is 5.91 Å². The maximum atomic E-state index is 13.3. The van der Waals surface area contributed by atoms with Gasteiger partial charge in [0.15, 0.2) is 0 Å². The Balaban J connectivity index is 1.64. The van der Waals surface area contributed by atoms with Crippen LogP contribution in [-0.4, -0.2) is 27.2 Å². The minimum atomic E-state index is -0.351. The number of amides is 1. The number of benzene rings is 2. The summed E-state index contributed by atoms with van der Waals surface area (Å²) >= 11 is 0. The largest absolute Gasteiger partial charge is 0.351 e. The highest BCUT2D eigenvalue weighted by Crippen LogP contribution is 2.25. The molecule has 2 aromatic carbocycles. The minimum Gasteiger partial charge on any atom is -0.351 e. The predicted molar refractivity (Wildman–Crippen MR) is 116 cm³/mol. The maximum absolute atomic E-state index is 13.3. The first-order chi connectivity index (χ1) is 14.3. The molecule has 4 aromatic rings. The fraction of sp³-hybridized carbons (Fsp3) is 0.208. The fourth-order valence-corrected chi connectivity index (χ4v) is 3.45.